The molecule has 0 saturated carbocycles. The number of aliphatic imine (C=N–C) groups is 1. The van der Waals surface area contributed by atoms with Crippen molar-refractivity contribution in [3.8, 4) is 0 Å². The highest BCUT2D eigenvalue weighted by atomic mass is 32.2. The van der Waals surface area contributed by atoms with Crippen LogP contribution in [0.5, 0.6) is 0 Å². The van der Waals surface area contributed by atoms with Gasteiger partial charge in [-0.05, 0) is 69.6 Å². The molecule has 0 amide bonds. The number of unbranched alkanes of at least 4 members (excludes halogenated alkanes) is 6. The van der Waals surface area contributed by atoms with Crippen LogP contribution >= 0.6 is 0 Å². The molecule has 1 aromatic carbocycles. The van der Waals surface area contributed by atoms with Gasteiger partial charge < -0.3 is 9.45 Å². The zero-order valence-corrected chi connectivity index (χ0v) is 28.3. The molecule has 0 bridgehead atoms. The first-order chi connectivity index (χ1) is 19.1. The lowest BCUT2D eigenvalue weighted by Gasteiger charge is -2.43. The van der Waals surface area contributed by atoms with E-state index in [9.17, 15) is 13.0 Å². The van der Waals surface area contributed by atoms with Crippen LogP contribution in [0.25, 0.3) is 0 Å². The van der Waals surface area contributed by atoms with Crippen LogP contribution in [0.4, 0.5) is 0 Å². The SMILES string of the molecule is CCCCN=C(N(CCCC)CCCC)[N+](CCCC)(CCCC)CCCC.Cc1cccc(S(=O)(=O)[O-])c1C. The lowest BCUT2D eigenvalue weighted by atomic mass is 10.1. The largest absolute Gasteiger partial charge is 0.744 e. The quantitative estimate of drug-likeness (QED) is 0.0540. The molecule has 0 aliphatic carbocycles. The van der Waals surface area contributed by atoms with Crippen LogP contribution < -0.4 is 0 Å². The number of nitrogens with zero attached hydrogens (tertiary/aromatic N) is 3. The van der Waals surface area contributed by atoms with Gasteiger partial charge >= 0.3 is 0 Å². The Balaban J connectivity index is 0.00000104. The van der Waals surface area contributed by atoms with Crippen LogP contribution in [0.3, 0.4) is 0 Å². The highest BCUT2D eigenvalue weighted by molar-refractivity contribution is 7.85. The van der Waals surface area contributed by atoms with E-state index in [-0.39, 0.29) is 4.90 Å². The van der Waals surface area contributed by atoms with Gasteiger partial charge in [0.25, 0.3) is 5.96 Å². The van der Waals surface area contributed by atoms with Gasteiger partial charge in [-0.25, -0.2) is 13.4 Å². The number of aryl methyl sites for hydroxylation is 1. The number of benzene rings is 1. The fraction of sp³-hybridized carbons (Fsp3) is 0.788. The van der Waals surface area contributed by atoms with E-state index < -0.39 is 10.1 Å². The summed E-state index contributed by atoms with van der Waals surface area (Å²) in [4.78, 5) is 7.95. The average Bonchev–Trinajstić information content (AvgIpc) is 2.93. The fourth-order valence-electron chi connectivity index (χ4n) is 4.91. The van der Waals surface area contributed by atoms with Crippen LogP contribution in [0.2, 0.25) is 0 Å². The molecule has 1 rings (SSSR count). The van der Waals surface area contributed by atoms with Crippen molar-refractivity contribution in [2.24, 2.45) is 4.99 Å². The normalized spacial score (nSPS) is 12.3. The minimum Gasteiger partial charge on any atom is -0.744 e. The van der Waals surface area contributed by atoms with Crippen molar-refractivity contribution in [2.45, 2.75) is 137 Å². The molecule has 234 valence electrons. The minimum atomic E-state index is -4.31. The smallest absolute Gasteiger partial charge is 0.300 e. The van der Waals surface area contributed by atoms with Gasteiger partial charge in [0.1, 0.15) is 10.1 Å². The number of quaternary nitrogens is 1. The Bertz CT molecular complexity index is 886. The second-order valence-corrected chi connectivity index (χ2v) is 12.6. The van der Waals surface area contributed by atoms with Crippen LogP contribution in [0.15, 0.2) is 28.1 Å². The summed E-state index contributed by atoms with van der Waals surface area (Å²) < 4.78 is 33.1. The lowest BCUT2D eigenvalue weighted by Crippen LogP contribution is -2.61. The van der Waals surface area contributed by atoms with E-state index in [0.717, 1.165) is 16.6 Å². The first-order valence-corrected chi connectivity index (χ1v) is 17.7. The molecule has 0 heterocycles. The summed E-state index contributed by atoms with van der Waals surface area (Å²) in [5.41, 5.74) is 1.35. The van der Waals surface area contributed by atoms with Crippen LogP contribution in [-0.4, -0.2) is 67.6 Å². The van der Waals surface area contributed by atoms with Crippen molar-refractivity contribution in [1.29, 1.82) is 0 Å². The first kappa shape index (κ1) is 38.6. The highest BCUT2D eigenvalue weighted by Crippen LogP contribution is 2.21. The molecule has 7 heteroatoms. The summed E-state index contributed by atoms with van der Waals surface area (Å²) in [5, 5.41) is 0. The Morgan fingerprint density at radius 2 is 1.20 bits per heavy atom. The van der Waals surface area contributed by atoms with Gasteiger partial charge in [0, 0.05) is 19.6 Å². The Morgan fingerprint density at radius 3 is 1.57 bits per heavy atom. The molecule has 0 aromatic heterocycles. The molecule has 0 fully saturated rings. The molecule has 6 nitrogen and oxygen atoms in total. The molecule has 0 atom stereocenters. The molecular weight excluding hydrogens is 518 g/mol. The zero-order valence-electron chi connectivity index (χ0n) is 27.4. The van der Waals surface area contributed by atoms with Crippen LogP contribution in [0.1, 0.15) is 130 Å². The first-order valence-electron chi connectivity index (χ1n) is 16.3. The van der Waals surface area contributed by atoms with Crippen molar-refractivity contribution in [3.05, 3.63) is 29.3 Å². The average molecular weight is 582 g/mol. The molecule has 0 aliphatic heterocycles. The Labute approximate surface area is 249 Å². The summed E-state index contributed by atoms with van der Waals surface area (Å²) in [6.45, 7) is 24.5. The summed E-state index contributed by atoms with van der Waals surface area (Å²) >= 11 is 0. The van der Waals surface area contributed by atoms with Crippen molar-refractivity contribution in [3.63, 3.8) is 0 Å². The molecular formula is C33H63N3O3S. The second-order valence-electron chi connectivity index (χ2n) is 11.3. The van der Waals surface area contributed by atoms with Gasteiger partial charge in [-0.1, -0.05) is 92.2 Å². The van der Waals surface area contributed by atoms with Gasteiger partial charge in [-0.3, -0.25) is 4.48 Å². The highest BCUT2D eigenvalue weighted by Gasteiger charge is 2.36. The molecule has 0 unspecified atom stereocenters. The van der Waals surface area contributed by atoms with E-state index in [1.54, 1.807) is 26.0 Å². The van der Waals surface area contributed by atoms with Crippen molar-refractivity contribution < 1.29 is 17.5 Å². The fourth-order valence-corrected chi connectivity index (χ4v) is 5.69. The van der Waals surface area contributed by atoms with Gasteiger partial charge in [-0.15, -0.1) is 0 Å². The predicted octanol–water partition coefficient (Wildman–Crippen LogP) is 8.47. The second kappa shape index (κ2) is 22.2. The summed E-state index contributed by atoms with van der Waals surface area (Å²) in [7, 11) is -4.31. The number of hydrogen-bond donors (Lipinski definition) is 0. The third-order valence-corrected chi connectivity index (χ3v) is 8.66. The van der Waals surface area contributed by atoms with Gasteiger partial charge in [0.2, 0.25) is 0 Å². The third-order valence-electron chi connectivity index (χ3n) is 7.68. The van der Waals surface area contributed by atoms with Gasteiger partial charge in [0.15, 0.2) is 0 Å². The van der Waals surface area contributed by atoms with Gasteiger partial charge in [-0.2, -0.15) is 0 Å². The van der Waals surface area contributed by atoms with E-state index >= 15 is 0 Å². The number of rotatable bonds is 19. The summed E-state index contributed by atoms with van der Waals surface area (Å²) in [6.07, 6.45) is 15.3. The monoisotopic (exact) mass is 581 g/mol. The lowest BCUT2D eigenvalue weighted by molar-refractivity contribution is -0.848. The topological polar surface area (TPSA) is 72.8 Å². The molecule has 0 spiro atoms. The Hall–Kier alpha value is -1.44. The molecule has 0 radical (unpaired) electrons. The maximum atomic E-state index is 10.7. The summed E-state index contributed by atoms with van der Waals surface area (Å²) in [6, 6.07) is 4.65. The maximum absolute atomic E-state index is 10.7. The summed E-state index contributed by atoms with van der Waals surface area (Å²) in [5.74, 6) is 1.45. The minimum absolute atomic E-state index is 0.123. The molecule has 0 aliphatic rings. The van der Waals surface area contributed by atoms with E-state index in [0.29, 0.717) is 5.56 Å². The van der Waals surface area contributed by atoms with E-state index in [4.69, 9.17) is 4.99 Å². The Morgan fingerprint density at radius 1 is 0.750 bits per heavy atom. The Kier molecular flexibility index (Phi) is 21.4. The number of guanidine groups is 1. The van der Waals surface area contributed by atoms with Gasteiger partial charge in [0.05, 0.1) is 24.5 Å². The number of hydrogen-bond acceptors (Lipinski definition) is 4. The van der Waals surface area contributed by atoms with E-state index in [2.05, 4.69) is 46.4 Å². The van der Waals surface area contributed by atoms with Crippen LogP contribution in [-0.2, 0) is 10.1 Å². The standard InChI is InChI=1S/C25H54N3.C8H10O3S/c1-7-13-19-26-25(27(20-14-8-2)21-15-9-3)28(22-16-10-4,23-17-11-5)24-18-12-6;1-6-4-3-5-8(7(6)2)12(9,10)11/h7-24H2,1-6H3;3-5H,1-2H3,(H,9,10,11)/q+1;/p-1. The molecule has 0 saturated heterocycles. The molecule has 1 aromatic rings. The molecule has 0 N–H and O–H groups in total. The van der Waals surface area contributed by atoms with Crippen molar-refractivity contribution in [1.82, 2.24) is 4.90 Å². The van der Waals surface area contributed by atoms with E-state index in [1.807, 2.05) is 0 Å². The maximum Gasteiger partial charge on any atom is 0.300 e. The van der Waals surface area contributed by atoms with Crippen molar-refractivity contribution >= 4 is 16.1 Å². The van der Waals surface area contributed by atoms with Crippen molar-refractivity contribution in [2.75, 3.05) is 39.3 Å². The third kappa shape index (κ3) is 14.5. The molecule has 40 heavy (non-hydrogen) atoms. The van der Waals surface area contributed by atoms with E-state index in [1.165, 1.54) is 122 Å². The van der Waals surface area contributed by atoms with Crippen LogP contribution in [0, 0.1) is 13.8 Å². The zero-order chi connectivity index (χ0) is 30.4. The predicted molar refractivity (Wildman–Crippen MR) is 172 cm³/mol.